The summed E-state index contributed by atoms with van der Waals surface area (Å²) in [7, 11) is 5.31. The molecule has 0 spiro atoms. The average molecular weight is 498 g/mol. The van der Waals surface area contributed by atoms with Gasteiger partial charge >= 0.3 is 0 Å². The first kappa shape index (κ1) is 22.2. The topological polar surface area (TPSA) is 83.8 Å². The molecule has 2 aromatic rings. The molecule has 1 fully saturated rings. The fourth-order valence-electron chi connectivity index (χ4n) is 3.08. The Morgan fingerprint density at radius 2 is 2.11 bits per heavy atom. The highest BCUT2D eigenvalue weighted by Crippen LogP contribution is 2.21. The molecule has 1 aromatic carbocycles. The number of benzene rings is 1. The molecule has 3 rings (SSSR count). The van der Waals surface area contributed by atoms with Crippen LogP contribution in [0.3, 0.4) is 0 Å². The molecule has 0 saturated carbocycles. The Morgan fingerprint density at radius 1 is 1.36 bits per heavy atom. The third-order valence-electron chi connectivity index (χ3n) is 4.57. The van der Waals surface area contributed by atoms with Gasteiger partial charge in [-0.05, 0) is 17.7 Å². The normalized spacial score (nSPS) is 17.0. The van der Waals surface area contributed by atoms with Crippen LogP contribution in [0.2, 0.25) is 0 Å². The monoisotopic (exact) mass is 498 g/mol. The van der Waals surface area contributed by atoms with Gasteiger partial charge in [0, 0.05) is 51.6 Å². The van der Waals surface area contributed by atoms with E-state index in [1.54, 1.807) is 18.8 Å². The molecule has 1 amide bonds. The van der Waals surface area contributed by atoms with Crippen LogP contribution in [0.25, 0.3) is 0 Å². The molecule has 1 saturated heterocycles. The maximum absolute atomic E-state index is 11.6. The van der Waals surface area contributed by atoms with Crippen molar-refractivity contribution in [1.82, 2.24) is 25.3 Å². The number of nitrogens with zero attached hydrogens (tertiary/aromatic N) is 4. The highest BCUT2D eigenvalue weighted by molar-refractivity contribution is 14.0. The summed E-state index contributed by atoms with van der Waals surface area (Å²) in [5, 5.41) is 10.2. The maximum Gasteiger partial charge on any atom is 0.251 e. The number of carbonyl (C=O) groups is 1. The zero-order valence-corrected chi connectivity index (χ0v) is 18.7. The number of halogens is 1. The standard InChI is InChI=1S/C19H26N6O2.HI/c1-20-18(26)15-6-4-14(5-7-15)10-22-19(21-2)25-8-9-27-17(13-25)16-11-23-24(3)12-16;/h4-7,11-12,17H,8-10,13H2,1-3H3,(H,20,26)(H,21,22);1H. The molecule has 8 nitrogen and oxygen atoms in total. The fourth-order valence-corrected chi connectivity index (χ4v) is 3.08. The van der Waals surface area contributed by atoms with E-state index in [1.165, 1.54) is 0 Å². The van der Waals surface area contributed by atoms with Gasteiger partial charge in [0.1, 0.15) is 6.10 Å². The number of ether oxygens (including phenoxy) is 1. The number of hydrogen-bond donors (Lipinski definition) is 2. The van der Waals surface area contributed by atoms with Crippen LogP contribution in [0.5, 0.6) is 0 Å². The number of nitrogens with one attached hydrogen (secondary N) is 2. The van der Waals surface area contributed by atoms with E-state index >= 15 is 0 Å². The number of aromatic nitrogens is 2. The molecule has 1 aliphatic heterocycles. The summed E-state index contributed by atoms with van der Waals surface area (Å²) in [6, 6.07) is 7.54. The number of rotatable bonds is 4. The molecule has 152 valence electrons. The lowest BCUT2D eigenvalue weighted by molar-refractivity contribution is -0.00805. The van der Waals surface area contributed by atoms with Crippen LogP contribution in [0.4, 0.5) is 0 Å². The third kappa shape index (κ3) is 5.44. The first-order valence-corrected chi connectivity index (χ1v) is 8.97. The second-order valence-electron chi connectivity index (χ2n) is 6.43. The number of aryl methyl sites for hydroxylation is 1. The Bertz CT molecular complexity index is 805. The molecule has 28 heavy (non-hydrogen) atoms. The molecule has 2 N–H and O–H groups in total. The summed E-state index contributed by atoms with van der Waals surface area (Å²) in [5.41, 5.74) is 2.81. The van der Waals surface area contributed by atoms with Gasteiger partial charge in [0.2, 0.25) is 0 Å². The number of morpholine rings is 1. The molecular weight excluding hydrogens is 471 g/mol. The van der Waals surface area contributed by atoms with Crippen molar-refractivity contribution in [2.24, 2.45) is 12.0 Å². The van der Waals surface area contributed by atoms with Crippen molar-refractivity contribution in [1.29, 1.82) is 0 Å². The fraction of sp³-hybridized carbons (Fsp3) is 0.421. The number of carbonyl (C=O) groups excluding carboxylic acids is 1. The largest absolute Gasteiger partial charge is 0.370 e. The minimum atomic E-state index is -0.0833. The number of amides is 1. The van der Waals surface area contributed by atoms with Gasteiger partial charge < -0.3 is 20.3 Å². The Labute approximate surface area is 182 Å². The predicted molar refractivity (Wildman–Crippen MR) is 119 cm³/mol. The summed E-state index contributed by atoms with van der Waals surface area (Å²) in [6.07, 6.45) is 3.81. The van der Waals surface area contributed by atoms with Crippen LogP contribution in [-0.2, 0) is 18.3 Å². The van der Waals surface area contributed by atoms with E-state index < -0.39 is 0 Å². The van der Waals surface area contributed by atoms with Crippen LogP contribution in [0.15, 0.2) is 41.7 Å². The lowest BCUT2D eigenvalue weighted by Gasteiger charge is -2.34. The molecule has 1 aliphatic rings. The molecule has 0 bridgehead atoms. The lowest BCUT2D eigenvalue weighted by atomic mass is 10.1. The van der Waals surface area contributed by atoms with E-state index in [2.05, 4.69) is 25.6 Å². The molecule has 1 aromatic heterocycles. The third-order valence-corrected chi connectivity index (χ3v) is 4.57. The van der Waals surface area contributed by atoms with E-state index in [1.807, 2.05) is 43.7 Å². The van der Waals surface area contributed by atoms with Gasteiger partial charge in [-0.2, -0.15) is 5.10 Å². The van der Waals surface area contributed by atoms with Crippen molar-refractivity contribution in [3.05, 3.63) is 53.3 Å². The zero-order valence-electron chi connectivity index (χ0n) is 16.4. The second kappa shape index (κ2) is 10.4. The average Bonchev–Trinajstić information content (AvgIpc) is 3.15. The summed E-state index contributed by atoms with van der Waals surface area (Å²) >= 11 is 0. The Hall–Kier alpha value is -2.14. The molecular formula is C19H27IN6O2. The summed E-state index contributed by atoms with van der Waals surface area (Å²) in [5.74, 6) is 0.752. The summed E-state index contributed by atoms with van der Waals surface area (Å²) < 4.78 is 7.68. The van der Waals surface area contributed by atoms with E-state index in [0.717, 1.165) is 30.2 Å². The number of guanidine groups is 1. The summed E-state index contributed by atoms with van der Waals surface area (Å²) in [4.78, 5) is 18.2. The van der Waals surface area contributed by atoms with Crippen LogP contribution in [0.1, 0.15) is 27.6 Å². The van der Waals surface area contributed by atoms with Gasteiger partial charge in [-0.1, -0.05) is 12.1 Å². The van der Waals surface area contributed by atoms with Crippen molar-refractivity contribution in [2.45, 2.75) is 12.6 Å². The second-order valence-corrected chi connectivity index (χ2v) is 6.43. The van der Waals surface area contributed by atoms with Gasteiger partial charge in [0.25, 0.3) is 5.91 Å². The highest BCUT2D eigenvalue weighted by Gasteiger charge is 2.25. The van der Waals surface area contributed by atoms with Crippen molar-refractivity contribution < 1.29 is 9.53 Å². The molecule has 1 atom stereocenters. The first-order chi connectivity index (χ1) is 13.1. The van der Waals surface area contributed by atoms with Crippen molar-refractivity contribution in [2.75, 3.05) is 33.8 Å². The quantitative estimate of drug-likeness (QED) is 0.380. The van der Waals surface area contributed by atoms with Crippen LogP contribution in [-0.4, -0.2) is 60.3 Å². The van der Waals surface area contributed by atoms with Crippen molar-refractivity contribution in [3.8, 4) is 0 Å². The van der Waals surface area contributed by atoms with Gasteiger partial charge in [-0.15, -0.1) is 24.0 Å². The van der Waals surface area contributed by atoms with Gasteiger partial charge in [0.15, 0.2) is 5.96 Å². The van der Waals surface area contributed by atoms with Crippen LogP contribution >= 0.6 is 24.0 Å². The lowest BCUT2D eigenvalue weighted by Crippen LogP contribution is -2.47. The van der Waals surface area contributed by atoms with Crippen molar-refractivity contribution in [3.63, 3.8) is 0 Å². The van der Waals surface area contributed by atoms with Crippen LogP contribution in [0, 0.1) is 0 Å². The predicted octanol–water partition coefficient (Wildman–Crippen LogP) is 1.55. The number of hydrogen-bond acceptors (Lipinski definition) is 4. The molecule has 9 heteroatoms. The molecule has 0 aliphatic carbocycles. The van der Waals surface area contributed by atoms with E-state index in [9.17, 15) is 4.79 Å². The first-order valence-electron chi connectivity index (χ1n) is 8.97. The minimum Gasteiger partial charge on any atom is -0.370 e. The molecule has 0 radical (unpaired) electrons. The SMILES string of the molecule is CN=C(NCc1ccc(C(=O)NC)cc1)N1CCOC(c2cnn(C)c2)C1.I. The minimum absolute atomic E-state index is 0. The van der Waals surface area contributed by atoms with Crippen LogP contribution < -0.4 is 10.6 Å². The maximum atomic E-state index is 11.6. The van der Waals surface area contributed by atoms with Gasteiger partial charge in [-0.3, -0.25) is 14.5 Å². The van der Waals surface area contributed by atoms with Gasteiger partial charge in [-0.25, -0.2) is 0 Å². The molecule has 1 unspecified atom stereocenters. The number of aliphatic imine (C=N–C) groups is 1. The smallest absolute Gasteiger partial charge is 0.251 e. The Morgan fingerprint density at radius 3 is 2.71 bits per heavy atom. The van der Waals surface area contributed by atoms with E-state index in [4.69, 9.17) is 4.74 Å². The Kier molecular flexibility index (Phi) is 8.24. The van der Waals surface area contributed by atoms with E-state index in [0.29, 0.717) is 18.7 Å². The van der Waals surface area contributed by atoms with E-state index in [-0.39, 0.29) is 36.0 Å². The summed E-state index contributed by atoms with van der Waals surface area (Å²) in [6.45, 7) is 2.78. The molecule has 2 heterocycles. The Balaban J connectivity index is 0.00000280. The highest BCUT2D eigenvalue weighted by atomic mass is 127. The zero-order chi connectivity index (χ0) is 19.2. The van der Waals surface area contributed by atoms with Crippen molar-refractivity contribution >= 4 is 35.8 Å². The van der Waals surface area contributed by atoms with Gasteiger partial charge in [0.05, 0.1) is 19.3 Å².